The Hall–Kier alpha value is -4.33. The second-order valence-corrected chi connectivity index (χ2v) is 13.2. The average molecular weight is 659 g/mol. The molecule has 0 spiro atoms. The third-order valence-electron chi connectivity index (χ3n) is 6.09. The standard InChI is InChI=1S/2C18H15P.HNO2.NO.Ni/c2*1-4-10-16(11-5-1)19(17-12-6-2-7-13-17)18-14-8-3-9-15-18;2-1-3;1-2;/h2*1-15H;(H,2,3);;/q;;;-1;+2/p-1. The summed E-state index contributed by atoms with van der Waals surface area (Å²) in [4.78, 5) is 15.2. The molecule has 0 heterocycles. The molecular weight excluding hydrogens is 629 g/mol. The maximum atomic E-state index is 8.00. The van der Waals surface area contributed by atoms with Gasteiger partial charge in [0, 0.05) is 0 Å². The molecule has 0 amide bonds. The minimum Gasteiger partial charge on any atom is -0.577 e. The Balaban J connectivity index is 0.000000263. The van der Waals surface area contributed by atoms with Gasteiger partial charge in [0.2, 0.25) is 0 Å². The van der Waals surface area contributed by atoms with E-state index in [1.54, 1.807) is 0 Å². The van der Waals surface area contributed by atoms with Gasteiger partial charge in [-0.05, 0) is 47.7 Å². The van der Waals surface area contributed by atoms with Crippen LogP contribution < -0.4 is 31.8 Å². The van der Waals surface area contributed by atoms with Crippen molar-refractivity contribution in [2.45, 2.75) is 0 Å². The summed E-state index contributed by atoms with van der Waals surface area (Å²) < 4.78 is 0. The largest absolute Gasteiger partial charge is 2.00 e. The van der Waals surface area contributed by atoms with E-state index in [0.717, 1.165) is 5.34 Å². The summed E-state index contributed by atoms with van der Waals surface area (Å²) in [5.74, 6) is 0. The zero-order valence-electron chi connectivity index (χ0n) is 23.7. The quantitative estimate of drug-likeness (QED) is 0.0805. The van der Waals surface area contributed by atoms with Crippen LogP contribution in [0.5, 0.6) is 0 Å². The third-order valence-corrected chi connectivity index (χ3v) is 11.0. The summed E-state index contributed by atoms with van der Waals surface area (Å²) in [6, 6.07) is 64.7. The van der Waals surface area contributed by atoms with Crippen molar-refractivity contribution in [3.63, 3.8) is 0 Å². The van der Waals surface area contributed by atoms with E-state index in [9.17, 15) is 0 Å². The van der Waals surface area contributed by atoms with Crippen molar-refractivity contribution in [3.05, 3.63) is 203 Å². The van der Waals surface area contributed by atoms with Crippen LogP contribution in [0, 0.1) is 15.0 Å². The molecule has 0 saturated heterocycles. The van der Waals surface area contributed by atoms with Crippen LogP contribution in [-0.4, -0.2) is 0 Å². The fraction of sp³-hybridized carbons (Fsp3) is 0. The first-order valence-corrected chi connectivity index (χ1v) is 16.0. The van der Waals surface area contributed by atoms with E-state index in [1.165, 1.54) is 31.8 Å². The van der Waals surface area contributed by atoms with Gasteiger partial charge in [-0.2, -0.15) is 0 Å². The van der Waals surface area contributed by atoms with Gasteiger partial charge in [-0.1, -0.05) is 182 Å². The van der Waals surface area contributed by atoms with Crippen molar-refractivity contribution in [1.82, 2.24) is 0 Å². The van der Waals surface area contributed by atoms with E-state index in [1.807, 2.05) is 0 Å². The van der Waals surface area contributed by atoms with Gasteiger partial charge in [0.1, 0.15) is 0 Å². The normalized spacial score (nSPS) is 9.50. The third kappa shape index (κ3) is 11.1. The Morgan fingerprint density at radius 3 is 0.591 bits per heavy atom. The summed E-state index contributed by atoms with van der Waals surface area (Å²) >= 11 is 0. The van der Waals surface area contributed by atoms with Gasteiger partial charge in [-0.15, -0.1) is 5.34 Å². The van der Waals surface area contributed by atoms with E-state index < -0.39 is 15.8 Å². The minimum absolute atomic E-state index is 0. The van der Waals surface area contributed by atoms with Crippen LogP contribution in [0.4, 0.5) is 0 Å². The molecule has 0 aliphatic rings. The molecule has 8 heteroatoms. The van der Waals surface area contributed by atoms with Crippen LogP contribution in [0.25, 0.3) is 5.59 Å². The van der Waals surface area contributed by atoms with Gasteiger partial charge in [-0.3, -0.25) is 0 Å². The maximum absolute atomic E-state index is 8.00. The Kier molecular flexibility index (Phi) is 17.4. The van der Waals surface area contributed by atoms with E-state index in [4.69, 9.17) is 20.6 Å². The van der Waals surface area contributed by atoms with Gasteiger partial charge < -0.3 is 20.6 Å². The molecule has 0 aliphatic heterocycles. The smallest absolute Gasteiger partial charge is 0.577 e. The summed E-state index contributed by atoms with van der Waals surface area (Å²) in [6.07, 6.45) is 0. The van der Waals surface area contributed by atoms with Gasteiger partial charge in [0.05, 0.1) is 0 Å². The molecule has 0 atom stereocenters. The van der Waals surface area contributed by atoms with E-state index in [2.05, 4.69) is 182 Å². The fourth-order valence-corrected chi connectivity index (χ4v) is 8.97. The van der Waals surface area contributed by atoms with Crippen LogP contribution in [-0.2, 0) is 16.5 Å². The summed E-state index contributed by atoms with van der Waals surface area (Å²) in [6.45, 7) is 0. The molecule has 0 bridgehead atoms. The van der Waals surface area contributed by atoms with Crippen molar-refractivity contribution in [1.29, 1.82) is 0 Å². The number of hydrogen-bond donors (Lipinski definition) is 0. The van der Waals surface area contributed by atoms with Crippen molar-refractivity contribution >= 4 is 47.7 Å². The molecule has 0 saturated carbocycles. The molecule has 0 N–H and O–H groups in total. The molecule has 222 valence electrons. The summed E-state index contributed by atoms with van der Waals surface area (Å²) in [5.41, 5.74) is 5.75. The number of nitrogens with zero attached hydrogens (tertiary/aromatic N) is 2. The van der Waals surface area contributed by atoms with Crippen molar-refractivity contribution in [2.24, 2.45) is 5.34 Å². The maximum Gasteiger partial charge on any atom is 2.00 e. The van der Waals surface area contributed by atoms with Crippen LogP contribution in [0.15, 0.2) is 187 Å². The van der Waals surface area contributed by atoms with Crippen molar-refractivity contribution in [3.8, 4) is 0 Å². The SMILES string of the molecule is O=N[O-].[N-]=O.[Ni+2].c1ccc(P(c2ccccc2)c2ccccc2)cc1.c1ccc(P(c2ccccc2)c2ccccc2)cc1. The van der Waals surface area contributed by atoms with Crippen molar-refractivity contribution in [2.75, 3.05) is 0 Å². The number of nitroso groups, excluding NO2 is 1. The predicted molar refractivity (Wildman–Crippen MR) is 186 cm³/mol. The first-order chi connectivity index (χ1) is 21.3. The van der Waals surface area contributed by atoms with Gasteiger partial charge >= 0.3 is 16.5 Å². The van der Waals surface area contributed by atoms with E-state index in [0.29, 0.717) is 0 Å². The predicted octanol–water partition coefficient (Wildman–Crippen LogP) is 7.46. The Morgan fingerprint density at radius 2 is 0.477 bits per heavy atom. The van der Waals surface area contributed by atoms with E-state index in [-0.39, 0.29) is 16.5 Å². The van der Waals surface area contributed by atoms with Crippen LogP contribution in [0.2, 0.25) is 0 Å². The van der Waals surface area contributed by atoms with Crippen molar-refractivity contribution < 1.29 is 16.5 Å². The second kappa shape index (κ2) is 21.4. The summed E-state index contributed by atoms with van der Waals surface area (Å²) in [7, 11) is -0.892. The Morgan fingerprint density at radius 1 is 0.364 bits per heavy atom. The first-order valence-electron chi connectivity index (χ1n) is 13.4. The molecule has 0 unspecified atom stereocenters. The molecule has 0 radical (unpaired) electrons. The van der Waals surface area contributed by atoms with Gasteiger partial charge in [0.15, 0.2) is 0 Å². The first kappa shape index (κ1) is 35.9. The molecule has 44 heavy (non-hydrogen) atoms. The van der Waals surface area contributed by atoms with Crippen LogP contribution >= 0.6 is 15.8 Å². The zero-order valence-corrected chi connectivity index (χ0v) is 26.4. The molecule has 5 nitrogen and oxygen atoms in total. The number of benzene rings is 6. The molecule has 6 rings (SSSR count). The average Bonchev–Trinajstić information content (AvgIpc) is 3.10. The van der Waals surface area contributed by atoms with Gasteiger partial charge in [-0.25, -0.2) is 0 Å². The molecular formula is C36H30N2NiO3P2. The van der Waals surface area contributed by atoms with E-state index >= 15 is 0 Å². The molecule has 6 aromatic rings. The fourth-order valence-electron chi connectivity index (χ4n) is 4.36. The second-order valence-electron chi connectivity index (χ2n) is 8.76. The Labute approximate surface area is 271 Å². The van der Waals surface area contributed by atoms with Crippen LogP contribution in [0.3, 0.4) is 0 Å². The van der Waals surface area contributed by atoms with Gasteiger partial charge in [0.25, 0.3) is 0 Å². The molecule has 0 aromatic heterocycles. The number of rotatable bonds is 6. The monoisotopic (exact) mass is 658 g/mol. The van der Waals surface area contributed by atoms with Crippen LogP contribution in [0.1, 0.15) is 0 Å². The summed E-state index contributed by atoms with van der Waals surface area (Å²) in [5, 5.41) is 17.4. The number of hydrogen-bond acceptors (Lipinski definition) is 4. The molecule has 6 aromatic carbocycles. The topological polar surface area (TPSA) is 91.9 Å². The Bertz CT molecular complexity index is 1260. The minimum atomic E-state index is -0.446. The molecule has 0 aliphatic carbocycles. The molecule has 0 fully saturated rings. The zero-order chi connectivity index (χ0) is 30.5.